The second-order valence-electron chi connectivity index (χ2n) is 3.14. The van der Waals surface area contributed by atoms with Gasteiger partial charge in [0.05, 0.1) is 6.04 Å². The second-order valence-corrected chi connectivity index (χ2v) is 3.14. The summed E-state index contributed by atoms with van der Waals surface area (Å²) in [5, 5.41) is 12.8. The lowest BCUT2D eigenvalue weighted by Gasteiger charge is -2.07. The lowest BCUT2D eigenvalue weighted by Crippen LogP contribution is -2.23. The molecular formula is C8H13NO. The van der Waals surface area contributed by atoms with Crippen LogP contribution in [-0.2, 0) is 0 Å². The van der Waals surface area contributed by atoms with Gasteiger partial charge >= 0.3 is 0 Å². The van der Waals surface area contributed by atoms with Gasteiger partial charge in [-0.1, -0.05) is 0 Å². The summed E-state index contributed by atoms with van der Waals surface area (Å²) in [5.41, 5.74) is 1.28. The van der Waals surface area contributed by atoms with E-state index in [1.165, 1.54) is 12.0 Å². The summed E-state index contributed by atoms with van der Waals surface area (Å²) >= 11 is 0. The fraction of sp³-hybridized carbons (Fsp3) is 0.750. The van der Waals surface area contributed by atoms with Crippen LogP contribution in [0.4, 0.5) is 0 Å². The van der Waals surface area contributed by atoms with Crippen molar-refractivity contribution >= 4 is 0 Å². The van der Waals surface area contributed by atoms with Crippen LogP contribution in [0.25, 0.3) is 0 Å². The van der Waals surface area contributed by atoms with Crippen molar-refractivity contribution in [2.75, 3.05) is 6.54 Å². The average molecular weight is 139 g/mol. The number of hydrogen-bond acceptors (Lipinski definition) is 2. The van der Waals surface area contributed by atoms with E-state index in [-0.39, 0.29) is 0 Å². The summed E-state index contributed by atoms with van der Waals surface area (Å²) < 4.78 is 0. The number of allylic oxidation sites excluding steroid dienone is 1. The van der Waals surface area contributed by atoms with Gasteiger partial charge in [-0.15, -0.1) is 0 Å². The number of hydrogen-bond donors (Lipinski definition) is 2. The maximum Gasteiger partial charge on any atom is 0.108 e. The summed E-state index contributed by atoms with van der Waals surface area (Å²) in [5.74, 6) is 0.650. The molecule has 2 heteroatoms. The maximum absolute atomic E-state index is 9.51. The molecule has 56 valence electrons. The van der Waals surface area contributed by atoms with Gasteiger partial charge in [0.25, 0.3) is 0 Å². The van der Waals surface area contributed by atoms with E-state index in [4.69, 9.17) is 0 Å². The third-order valence-corrected chi connectivity index (χ3v) is 2.25. The summed E-state index contributed by atoms with van der Waals surface area (Å²) in [7, 11) is 0. The second kappa shape index (κ2) is 2.27. The molecule has 1 saturated heterocycles. The minimum atomic E-state index is 0.303. The highest BCUT2D eigenvalue weighted by molar-refractivity contribution is 5.24. The van der Waals surface area contributed by atoms with Crippen molar-refractivity contribution < 1.29 is 5.11 Å². The van der Waals surface area contributed by atoms with Gasteiger partial charge in [0, 0.05) is 0 Å². The van der Waals surface area contributed by atoms with Crippen molar-refractivity contribution in [3.63, 3.8) is 0 Å². The molecule has 0 aromatic rings. The fourth-order valence-electron chi connectivity index (χ4n) is 1.48. The number of rotatable bonds is 1. The van der Waals surface area contributed by atoms with E-state index in [9.17, 15) is 5.11 Å². The normalized spacial score (nSPS) is 30.8. The SMILES string of the molecule is OC(=C1CC1)[C@@H]1CCCN1. The van der Waals surface area contributed by atoms with Crippen LogP contribution < -0.4 is 5.32 Å². The molecule has 2 nitrogen and oxygen atoms in total. The van der Waals surface area contributed by atoms with E-state index in [0.29, 0.717) is 11.8 Å². The zero-order valence-corrected chi connectivity index (χ0v) is 6.06. The number of nitrogens with one attached hydrogen (secondary N) is 1. The molecule has 0 aromatic carbocycles. The quantitative estimate of drug-likeness (QED) is 0.537. The minimum absolute atomic E-state index is 0.303. The molecule has 2 aliphatic rings. The van der Waals surface area contributed by atoms with E-state index in [2.05, 4.69) is 5.32 Å². The van der Waals surface area contributed by atoms with Crippen molar-refractivity contribution in [1.29, 1.82) is 0 Å². The predicted molar refractivity (Wildman–Crippen MR) is 39.9 cm³/mol. The molecule has 0 bridgehead atoms. The summed E-state index contributed by atoms with van der Waals surface area (Å²) in [4.78, 5) is 0. The third kappa shape index (κ3) is 1.03. The molecular weight excluding hydrogens is 126 g/mol. The largest absolute Gasteiger partial charge is 0.511 e. The van der Waals surface area contributed by atoms with Crippen LogP contribution in [0.15, 0.2) is 11.3 Å². The molecule has 1 aliphatic carbocycles. The topological polar surface area (TPSA) is 32.3 Å². The van der Waals surface area contributed by atoms with Gasteiger partial charge in [0.15, 0.2) is 0 Å². The van der Waals surface area contributed by atoms with Gasteiger partial charge in [0.2, 0.25) is 0 Å². The van der Waals surface area contributed by atoms with Crippen LogP contribution in [0, 0.1) is 0 Å². The predicted octanol–water partition coefficient (Wildman–Crippen LogP) is 1.34. The first kappa shape index (κ1) is 6.23. The van der Waals surface area contributed by atoms with Crippen LogP contribution in [-0.4, -0.2) is 17.7 Å². The van der Waals surface area contributed by atoms with Crippen molar-refractivity contribution in [3.05, 3.63) is 11.3 Å². The molecule has 2 fully saturated rings. The highest BCUT2D eigenvalue weighted by atomic mass is 16.3. The van der Waals surface area contributed by atoms with E-state index >= 15 is 0 Å². The van der Waals surface area contributed by atoms with E-state index in [1.807, 2.05) is 0 Å². The standard InChI is InChI=1S/C8H13NO/c10-8(6-3-4-6)7-2-1-5-9-7/h7,9-10H,1-5H2/t7-/m0/s1. The van der Waals surface area contributed by atoms with Crippen molar-refractivity contribution in [2.24, 2.45) is 0 Å². The molecule has 0 spiro atoms. The maximum atomic E-state index is 9.51. The molecule has 1 saturated carbocycles. The summed E-state index contributed by atoms with van der Waals surface area (Å²) in [6.07, 6.45) is 4.59. The van der Waals surface area contributed by atoms with Crippen LogP contribution in [0.3, 0.4) is 0 Å². The van der Waals surface area contributed by atoms with E-state index in [0.717, 1.165) is 25.8 Å². The highest BCUT2D eigenvalue weighted by Gasteiger charge is 2.25. The Bertz CT molecular complexity index is 162. The first-order valence-electron chi connectivity index (χ1n) is 4.02. The summed E-state index contributed by atoms with van der Waals surface area (Å²) in [6, 6.07) is 0.303. The molecule has 2 rings (SSSR count). The molecule has 0 unspecified atom stereocenters. The van der Waals surface area contributed by atoms with Gasteiger partial charge in [-0.25, -0.2) is 0 Å². The molecule has 2 N–H and O–H groups in total. The Kier molecular flexibility index (Phi) is 1.42. The van der Waals surface area contributed by atoms with Crippen molar-refractivity contribution in [2.45, 2.75) is 31.7 Å². The Morgan fingerprint density at radius 1 is 1.50 bits per heavy atom. The van der Waals surface area contributed by atoms with Gasteiger partial charge in [-0.05, 0) is 37.8 Å². The summed E-state index contributed by atoms with van der Waals surface area (Å²) in [6.45, 7) is 1.07. The van der Waals surface area contributed by atoms with Crippen molar-refractivity contribution in [1.82, 2.24) is 5.32 Å². The zero-order valence-electron chi connectivity index (χ0n) is 6.06. The van der Waals surface area contributed by atoms with Gasteiger partial charge in [-0.2, -0.15) is 0 Å². The molecule has 1 atom stereocenters. The molecule has 1 aliphatic heterocycles. The minimum Gasteiger partial charge on any atom is -0.511 e. The lowest BCUT2D eigenvalue weighted by atomic mass is 10.2. The highest BCUT2D eigenvalue weighted by Crippen LogP contribution is 2.33. The fourth-order valence-corrected chi connectivity index (χ4v) is 1.48. The van der Waals surface area contributed by atoms with Gasteiger partial charge < -0.3 is 10.4 Å². The van der Waals surface area contributed by atoms with Crippen LogP contribution >= 0.6 is 0 Å². The monoisotopic (exact) mass is 139 g/mol. The van der Waals surface area contributed by atoms with Gasteiger partial charge in [0.1, 0.15) is 5.76 Å². The Morgan fingerprint density at radius 2 is 2.30 bits per heavy atom. The zero-order chi connectivity index (χ0) is 6.97. The average Bonchev–Trinajstić information content (AvgIpc) is 2.65. The van der Waals surface area contributed by atoms with Crippen LogP contribution in [0.5, 0.6) is 0 Å². The molecule has 1 heterocycles. The number of aliphatic hydroxyl groups is 1. The van der Waals surface area contributed by atoms with E-state index in [1.54, 1.807) is 0 Å². The van der Waals surface area contributed by atoms with E-state index < -0.39 is 0 Å². The Balaban J connectivity index is 2.03. The Morgan fingerprint density at radius 3 is 2.80 bits per heavy atom. The smallest absolute Gasteiger partial charge is 0.108 e. The molecule has 0 aromatic heterocycles. The Hall–Kier alpha value is -0.500. The third-order valence-electron chi connectivity index (χ3n) is 2.25. The van der Waals surface area contributed by atoms with Gasteiger partial charge in [-0.3, -0.25) is 0 Å². The molecule has 0 amide bonds. The lowest BCUT2D eigenvalue weighted by molar-refractivity contribution is 0.352. The number of aliphatic hydroxyl groups excluding tert-OH is 1. The van der Waals surface area contributed by atoms with Crippen LogP contribution in [0.1, 0.15) is 25.7 Å². The van der Waals surface area contributed by atoms with Crippen molar-refractivity contribution in [3.8, 4) is 0 Å². The Labute approximate surface area is 60.9 Å². The first-order valence-corrected chi connectivity index (χ1v) is 4.02. The molecule has 0 radical (unpaired) electrons. The van der Waals surface area contributed by atoms with Crippen LogP contribution in [0.2, 0.25) is 0 Å². The molecule has 10 heavy (non-hydrogen) atoms. The first-order chi connectivity index (χ1) is 4.88.